The van der Waals surface area contributed by atoms with Gasteiger partial charge in [0.15, 0.2) is 93.1 Å². The zero-order chi connectivity index (χ0) is 59.5. The number of hydrogen-bond acceptors (Lipinski definition) is 2. The third-order valence-corrected chi connectivity index (χ3v) is 14.5. The van der Waals surface area contributed by atoms with E-state index < -0.39 is 249 Å². The van der Waals surface area contributed by atoms with Crippen LogP contribution in [0.25, 0.3) is 133 Å². The highest BCUT2D eigenvalue weighted by atomic mass is 19.2. The molecule has 0 amide bonds. The summed E-state index contributed by atoms with van der Waals surface area (Å²) in [5.41, 5.74) is -22.6. The van der Waals surface area contributed by atoms with Crippen LogP contribution in [0.4, 0.5) is 87.8 Å². The van der Waals surface area contributed by atoms with Crippen molar-refractivity contribution in [1.82, 2.24) is 19.9 Å². The second-order valence-corrected chi connectivity index (χ2v) is 18.8. The fraction of sp³-hybridized carbons (Fsp3) is 0. The Labute approximate surface area is 453 Å². The molecule has 4 heterocycles. The lowest BCUT2D eigenvalue weighted by atomic mass is 9.92. The zero-order valence-electron chi connectivity index (χ0n) is 40.7. The summed E-state index contributed by atoms with van der Waals surface area (Å²) in [6, 6.07) is 17.4. The van der Waals surface area contributed by atoms with Crippen molar-refractivity contribution in [1.29, 1.82) is 0 Å². The third kappa shape index (κ3) is 7.11. The van der Waals surface area contributed by atoms with Crippen LogP contribution in [0.2, 0.25) is 0 Å². The number of aromatic nitrogens is 4. The average molecular weight is 1170 g/mol. The first-order valence-corrected chi connectivity index (χ1v) is 24.0. The van der Waals surface area contributed by atoms with Crippen molar-refractivity contribution < 1.29 is 87.8 Å². The predicted molar refractivity (Wildman–Crippen MR) is 266 cm³/mol. The molecule has 1 aliphatic carbocycles. The summed E-state index contributed by atoms with van der Waals surface area (Å²) < 4.78 is 323. The van der Waals surface area contributed by atoms with Crippen LogP contribution in [-0.4, -0.2) is 19.9 Å². The predicted octanol–water partition coefficient (Wildman–Crippen LogP) is 18.7. The molecule has 84 heavy (non-hydrogen) atoms. The highest BCUT2D eigenvalue weighted by Crippen LogP contribution is 2.54. The molecule has 418 valence electrons. The van der Waals surface area contributed by atoms with Crippen LogP contribution in [0.5, 0.6) is 0 Å². The molecule has 2 N–H and O–H groups in total. The van der Waals surface area contributed by atoms with Gasteiger partial charge in [-0.15, -0.1) is 0 Å². The van der Waals surface area contributed by atoms with Crippen LogP contribution in [0.1, 0.15) is 0 Å². The van der Waals surface area contributed by atoms with Crippen LogP contribution < -0.4 is 0 Å². The second kappa shape index (κ2) is 18.8. The zero-order valence-corrected chi connectivity index (χ0v) is 40.7. The first kappa shape index (κ1) is 53.3. The molecule has 13 rings (SSSR count). The fourth-order valence-electron chi connectivity index (χ4n) is 10.9. The SMILES string of the molecule is Fc1c(F)c(F)c(-c2c3nc(c(-c4c(F)c(F)c(F)c(F)c4F)c4[nH]c(c(-c5c(F)c(F)c(F)c(F)c5F)c5nc(c(-c6c(F)c(F)c(F)c(F)c6F)c6[nH]c2c2ccccc62)-c2ccccc2-5)c2ccccc42)-c2ccccc2-3)c(F)c1F. The van der Waals surface area contributed by atoms with Crippen LogP contribution in [-0.2, 0) is 0 Å². The van der Waals surface area contributed by atoms with Crippen molar-refractivity contribution in [3.8, 4) is 89.5 Å². The van der Waals surface area contributed by atoms with Crippen molar-refractivity contribution >= 4 is 43.6 Å². The van der Waals surface area contributed by atoms with Gasteiger partial charge in [-0.05, 0) is 0 Å². The maximum absolute atomic E-state index is 16.9. The molecule has 3 aliphatic rings. The number of aromatic amines is 2. The van der Waals surface area contributed by atoms with Crippen LogP contribution in [0.15, 0.2) is 97.1 Å². The Kier molecular flexibility index (Phi) is 11.9. The molecule has 2 aliphatic heterocycles. The lowest BCUT2D eigenvalue weighted by Crippen LogP contribution is -2.05. The summed E-state index contributed by atoms with van der Waals surface area (Å²) in [6.45, 7) is 0. The molecule has 0 fully saturated rings. The van der Waals surface area contributed by atoms with Crippen LogP contribution in [0, 0.1) is 116 Å². The Morgan fingerprint density at radius 3 is 0.524 bits per heavy atom. The van der Waals surface area contributed by atoms with Gasteiger partial charge in [-0.2, -0.15) is 0 Å². The molecule has 0 unspecified atom stereocenters. The van der Waals surface area contributed by atoms with Crippen molar-refractivity contribution in [3.05, 3.63) is 213 Å². The van der Waals surface area contributed by atoms with Gasteiger partial charge in [0, 0.05) is 66.1 Å². The normalized spacial score (nSPS) is 12.0. The maximum atomic E-state index is 16.9. The van der Waals surface area contributed by atoms with Crippen molar-refractivity contribution in [2.24, 2.45) is 0 Å². The summed E-state index contributed by atoms with van der Waals surface area (Å²) >= 11 is 0. The number of nitrogens with zero attached hydrogens (tertiary/aromatic N) is 2. The number of hydrogen-bond donors (Lipinski definition) is 2. The highest BCUT2D eigenvalue weighted by Gasteiger charge is 2.39. The van der Waals surface area contributed by atoms with E-state index in [1.807, 2.05) is 0 Å². The van der Waals surface area contributed by atoms with E-state index in [0.717, 1.165) is 97.1 Å². The van der Waals surface area contributed by atoms with E-state index in [-0.39, 0.29) is 0 Å². The third-order valence-electron chi connectivity index (χ3n) is 14.5. The fourth-order valence-corrected chi connectivity index (χ4v) is 10.9. The number of benzene rings is 8. The van der Waals surface area contributed by atoms with E-state index in [1.165, 1.54) is 0 Å². The Hall–Kier alpha value is -10.0. The monoisotopic (exact) mass is 1170 g/mol. The standard InChI is InChI=1S/C60H18F20N4/c61-33-25(34(62)42(70)49(77)41(33)69)29-53-17-9-1-2-10-18(17)54(81-53)30(26-35(63)43(71)50(78)44(72)36(26)64)56-21-13-5-6-14-22(21)58(83-56)32(28-39(67)47(75)52(80)48(76)40(28)68)60-24-16-8-7-15-23(24)59(84-60)31(27-37(65)45(73)51(79)46(74)38(27)66)57-20-12-4-3-11-19(20)55(29)82-57/h1-16,81,84H. The first-order chi connectivity index (χ1) is 40.1. The molecule has 8 bridgehead atoms. The molecule has 0 saturated heterocycles. The van der Waals surface area contributed by atoms with Gasteiger partial charge in [-0.25, -0.2) is 97.8 Å². The Balaban J connectivity index is 1.46. The Morgan fingerprint density at radius 2 is 0.345 bits per heavy atom. The summed E-state index contributed by atoms with van der Waals surface area (Å²) in [5, 5.41) is -2.06. The molecule has 0 saturated carbocycles. The van der Waals surface area contributed by atoms with Crippen molar-refractivity contribution in [3.63, 3.8) is 0 Å². The van der Waals surface area contributed by atoms with Gasteiger partial charge in [-0.3, -0.25) is 0 Å². The largest absolute Gasteiger partial charge is 0.353 e. The molecule has 0 atom stereocenters. The van der Waals surface area contributed by atoms with Gasteiger partial charge in [0.25, 0.3) is 0 Å². The number of rotatable bonds is 4. The Bertz CT molecular complexity index is 4320. The molecule has 24 heteroatoms. The molecule has 2 aromatic heterocycles. The molecule has 0 spiro atoms. The van der Waals surface area contributed by atoms with Crippen molar-refractivity contribution in [2.45, 2.75) is 0 Å². The van der Waals surface area contributed by atoms with Gasteiger partial charge < -0.3 is 9.97 Å². The van der Waals surface area contributed by atoms with E-state index in [1.54, 1.807) is 0 Å². The summed E-state index contributed by atoms with van der Waals surface area (Å²) in [5.74, 6) is -53.0. The van der Waals surface area contributed by atoms with Gasteiger partial charge in [0.1, 0.15) is 0 Å². The topological polar surface area (TPSA) is 57.4 Å². The van der Waals surface area contributed by atoms with Gasteiger partial charge in [0.2, 0.25) is 23.3 Å². The summed E-state index contributed by atoms with van der Waals surface area (Å²) in [7, 11) is 0. The molecule has 8 aromatic carbocycles. The van der Waals surface area contributed by atoms with E-state index in [2.05, 4.69) is 19.9 Å². The van der Waals surface area contributed by atoms with Gasteiger partial charge >= 0.3 is 0 Å². The number of H-pyrrole nitrogens is 2. The van der Waals surface area contributed by atoms with Crippen molar-refractivity contribution in [2.75, 3.05) is 0 Å². The molecular formula is C60H18F20N4. The number of halogens is 20. The summed E-state index contributed by atoms with van der Waals surface area (Å²) in [6.07, 6.45) is 0. The van der Waals surface area contributed by atoms with E-state index in [0.29, 0.717) is 0 Å². The van der Waals surface area contributed by atoms with E-state index in [9.17, 15) is 0 Å². The first-order valence-electron chi connectivity index (χ1n) is 24.0. The van der Waals surface area contributed by atoms with E-state index >= 15 is 87.8 Å². The van der Waals surface area contributed by atoms with E-state index in [4.69, 9.17) is 0 Å². The van der Waals surface area contributed by atoms with Crippen LogP contribution >= 0.6 is 0 Å². The van der Waals surface area contributed by atoms with Crippen LogP contribution in [0.3, 0.4) is 0 Å². The Morgan fingerprint density at radius 1 is 0.190 bits per heavy atom. The van der Waals surface area contributed by atoms with Gasteiger partial charge in [0.05, 0.1) is 67.1 Å². The minimum absolute atomic E-state index is 0.515. The minimum atomic E-state index is -2.73. The second-order valence-electron chi connectivity index (χ2n) is 18.8. The average Bonchev–Trinajstić information content (AvgIpc) is 1.87. The lowest BCUT2D eigenvalue weighted by molar-refractivity contribution is 0.381. The maximum Gasteiger partial charge on any atom is 0.200 e. The molecule has 4 nitrogen and oxygen atoms in total. The lowest BCUT2D eigenvalue weighted by Gasteiger charge is -2.12. The quantitative estimate of drug-likeness (QED) is 0.105. The number of nitrogens with one attached hydrogen (secondary N) is 2. The molecule has 10 aromatic rings. The molecule has 0 radical (unpaired) electrons. The molecular weight excluding hydrogens is 1160 g/mol. The highest BCUT2D eigenvalue weighted by molar-refractivity contribution is 6.21. The summed E-state index contributed by atoms with van der Waals surface area (Å²) in [4.78, 5) is 14.1. The van der Waals surface area contributed by atoms with Gasteiger partial charge in [-0.1, -0.05) is 97.1 Å². The smallest absolute Gasteiger partial charge is 0.200 e. The minimum Gasteiger partial charge on any atom is -0.353 e.